The minimum atomic E-state index is -1.15. The van der Waals surface area contributed by atoms with Crippen LogP contribution in [-0.4, -0.2) is 74.5 Å². The van der Waals surface area contributed by atoms with Crippen LogP contribution in [0.4, 0.5) is 8.78 Å². The molecule has 0 aliphatic carbocycles. The molecule has 13 nitrogen and oxygen atoms in total. The number of aromatic nitrogens is 7. The van der Waals surface area contributed by atoms with E-state index in [0.29, 0.717) is 35.1 Å². The van der Waals surface area contributed by atoms with Crippen molar-refractivity contribution in [3.05, 3.63) is 101 Å². The zero-order valence-corrected chi connectivity index (χ0v) is 25.5. The van der Waals surface area contributed by atoms with Gasteiger partial charge in [-0.1, -0.05) is 0 Å². The van der Waals surface area contributed by atoms with Crippen LogP contribution in [0.1, 0.15) is 77.6 Å². The second-order valence-corrected chi connectivity index (χ2v) is 11.4. The Morgan fingerprint density at radius 2 is 1.41 bits per heavy atom. The van der Waals surface area contributed by atoms with Crippen LogP contribution >= 0.6 is 0 Å². The second kappa shape index (κ2) is 13.0. The number of halogens is 2. The van der Waals surface area contributed by atoms with Crippen molar-refractivity contribution in [2.45, 2.75) is 58.1 Å². The summed E-state index contributed by atoms with van der Waals surface area (Å²) in [5.74, 6) is -1.38. The number of aryl methyl sites for hydroxylation is 1. The van der Waals surface area contributed by atoms with Crippen LogP contribution in [0.5, 0.6) is 0 Å². The summed E-state index contributed by atoms with van der Waals surface area (Å²) >= 11 is 0. The Labute approximate surface area is 262 Å². The van der Waals surface area contributed by atoms with Crippen LogP contribution in [0.15, 0.2) is 65.6 Å². The van der Waals surface area contributed by atoms with Gasteiger partial charge in [0.2, 0.25) is 0 Å². The number of hydrogen-bond donors (Lipinski definition) is 2. The third-order valence-corrected chi connectivity index (χ3v) is 7.53. The first kappa shape index (κ1) is 32.1. The molecule has 4 heterocycles. The molecule has 3 aromatic heterocycles. The summed E-state index contributed by atoms with van der Waals surface area (Å²) in [5, 5.41) is 34.8. The van der Waals surface area contributed by atoms with E-state index in [4.69, 9.17) is 9.52 Å². The molecule has 0 unspecified atom stereocenters. The van der Waals surface area contributed by atoms with Crippen molar-refractivity contribution in [2.24, 2.45) is 0 Å². The number of likely N-dealkylation sites (tertiary alicyclic amines) is 1. The first-order valence-electron chi connectivity index (χ1n) is 14.4. The van der Waals surface area contributed by atoms with Gasteiger partial charge in [-0.3, -0.25) is 4.79 Å². The summed E-state index contributed by atoms with van der Waals surface area (Å²) in [6.07, 6.45) is 7.31. The smallest absolute Gasteiger partial charge is 0.337 e. The van der Waals surface area contributed by atoms with Crippen LogP contribution < -0.4 is 0 Å². The number of carbonyl (C=O) groups excluding carboxylic acids is 1. The van der Waals surface area contributed by atoms with Crippen LogP contribution in [-0.2, 0) is 5.60 Å². The molecule has 1 fully saturated rings. The molecule has 2 atom stereocenters. The van der Waals surface area contributed by atoms with Gasteiger partial charge in [0.15, 0.2) is 5.89 Å². The lowest BCUT2D eigenvalue weighted by Crippen LogP contribution is -2.45. The van der Waals surface area contributed by atoms with Crippen molar-refractivity contribution in [3.63, 3.8) is 0 Å². The molecule has 0 saturated carbocycles. The van der Waals surface area contributed by atoms with Gasteiger partial charge in [0.05, 0.1) is 41.8 Å². The van der Waals surface area contributed by atoms with Crippen molar-refractivity contribution in [3.8, 4) is 11.4 Å². The minimum absolute atomic E-state index is 0.00274. The summed E-state index contributed by atoms with van der Waals surface area (Å²) in [4.78, 5) is 32.9. The highest BCUT2D eigenvalue weighted by Crippen LogP contribution is 2.34. The van der Waals surface area contributed by atoms with E-state index in [1.165, 1.54) is 53.8 Å². The zero-order valence-electron chi connectivity index (χ0n) is 25.5. The van der Waals surface area contributed by atoms with Crippen molar-refractivity contribution in [2.75, 3.05) is 6.54 Å². The van der Waals surface area contributed by atoms with E-state index in [0.717, 1.165) is 29.8 Å². The predicted molar refractivity (Wildman–Crippen MR) is 159 cm³/mol. The van der Waals surface area contributed by atoms with Gasteiger partial charge in [-0.15, -0.1) is 0 Å². The molecule has 46 heavy (non-hydrogen) atoms. The van der Waals surface area contributed by atoms with Gasteiger partial charge < -0.3 is 19.5 Å². The number of carboxylic acid groups (broad SMARTS) is 1. The fourth-order valence-corrected chi connectivity index (χ4v) is 5.29. The topological polar surface area (TPSA) is 165 Å². The number of piperidine rings is 1. The molecule has 0 spiro atoms. The maximum absolute atomic E-state index is 13.9. The van der Waals surface area contributed by atoms with Gasteiger partial charge >= 0.3 is 5.97 Å². The van der Waals surface area contributed by atoms with Crippen molar-refractivity contribution < 1.29 is 33.0 Å². The molecule has 0 bridgehead atoms. The highest BCUT2D eigenvalue weighted by atomic mass is 19.1. The van der Waals surface area contributed by atoms with E-state index < -0.39 is 23.2 Å². The summed E-state index contributed by atoms with van der Waals surface area (Å²) in [6, 6.07) is 7.31. The SMILES string of the molecule is Cc1oc([C@@H]2CC[C@@H](C)N(C(=O)c3ccc(F)cc3-n3nccn3)C2)nc1C(C)(C)O.O=C(O)c1ccc(F)cc1-n1nccn1. The molecule has 2 N–H and O–H groups in total. The van der Waals surface area contributed by atoms with Gasteiger partial charge in [0.25, 0.3) is 5.91 Å². The Hall–Kier alpha value is -5.31. The number of carbonyl (C=O) groups is 2. The molecule has 1 aliphatic rings. The number of aromatic carboxylic acids is 1. The lowest BCUT2D eigenvalue weighted by atomic mass is 9.92. The highest BCUT2D eigenvalue weighted by Gasteiger charge is 2.35. The lowest BCUT2D eigenvalue weighted by molar-refractivity contribution is 0.0593. The monoisotopic (exact) mass is 634 g/mol. The third-order valence-electron chi connectivity index (χ3n) is 7.53. The fourth-order valence-electron chi connectivity index (χ4n) is 5.29. The number of rotatable bonds is 6. The Kier molecular flexibility index (Phi) is 9.05. The summed E-state index contributed by atoms with van der Waals surface area (Å²) in [5.41, 5.74) is 0.0689. The molecule has 5 aromatic rings. The van der Waals surface area contributed by atoms with E-state index in [9.17, 15) is 23.5 Å². The molecule has 6 rings (SSSR count). The largest absolute Gasteiger partial charge is 0.478 e. The average Bonchev–Trinajstić information content (AvgIpc) is 3.80. The summed E-state index contributed by atoms with van der Waals surface area (Å²) in [7, 11) is 0. The first-order chi connectivity index (χ1) is 21.8. The van der Waals surface area contributed by atoms with E-state index >= 15 is 0 Å². The number of aliphatic hydroxyl groups is 1. The summed E-state index contributed by atoms with van der Waals surface area (Å²) < 4.78 is 32.7. The average molecular weight is 635 g/mol. The zero-order chi connectivity index (χ0) is 33.2. The number of oxazole rings is 1. The second-order valence-electron chi connectivity index (χ2n) is 11.4. The Bertz CT molecular complexity index is 1830. The van der Waals surface area contributed by atoms with Crippen LogP contribution in [0, 0.1) is 18.6 Å². The molecule has 1 aliphatic heterocycles. The Morgan fingerprint density at radius 3 is 1.91 bits per heavy atom. The van der Waals surface area contributed by atoms with Gasteiger partial charge in [-0.2, -0.15) is 30.0 Å². The molecule has 240 valence electrons. The van der Waals surface area contributed by atoms with Gasteiger partial charge in [0.1, 0.15) is 40.1 Å². The molecule has 15 heteroatoms. The maximum Gasteiger partial charge on any atom is 0.337 e. The molecule has 1 amide bonds. The van der Waals surface area contributed by atoms with Crippen molar-refractivity contribution in [1.29, 1.82) is 0 Å². The molecular weight excluding hydrogens is 602 g/mol. The van der Waals surface area contributed by atoms with Crippen LogP contribution in [0.3, 0.4) is 0 Å². The Morgan fingerprint density at radius 1 is 0.891 bits per heavy atom. The van der Waals surface area contributed by atoms with Gasteiger partial charge in [0, 0.05) is 24.7 Å². The molecule has 2 aromatic carbocycles. The number of amides is 1. The van der Waals surface area contributed by atoms with Gasteiger partial charge in [-0.25, -0.2) is 18.6 Å². The van der Waals surface area contributed by atoms with E-state index in [2.05, 4.69) is 25.4 Å². The normalized spacial score (nSPS) is 16.5. The standard InChI is InChI=1S/C22H26FN5O3.C9H6FN3O2/c1-13-5-6-15(20-26-19(14(2)31-20)22(3,4)30)12-27(13)21(29)17-8-7-16(23)11-18(17)28-24-9-10-25-28;10-6-1-2-7(9(14)15)8(5-6)13-11-3-4-12-13/h7-11,13,15,30H,5-6,12H2,1-4H3;1-5H,(H,14,15)/t13-,15-;/m1./s1. The maximum atomic E-state index is 13.9. The quantitative estimate of drug-likeness (QED) is 0.273. The molecular formula is C31H32F2N8O5. The van der Waals surface area contributed by atoms with Gasteiger partial charge in [-0.05, 0) is 64.8 Å². The van der Waals surface area contributed by atoms with Crippen molar-refractivity contribution in [1.82, 2.24) is 39.9 Å². The summed E-state index contributed by atoms with van der Waals surface area (Å²) in [6.45, 7) is 7.51. The number of carboxylic acids is 1. The molecule has 0 radical (unpaired) electrons. The first-order valence-corrected chi connectivity index (χ1v) is 14.4. The van der Waals surface area contributed by atoms with E-state index in [1.807, 2.05) is 6.92 Å². The number of benzene rings is 2. The van der Waals surface area contributed by atoms with E-state index in [1.54, 1.807) is 25.7 Å². The number of nitrogens with zero attached hydrogens (tertiary/aromatic N) is 8. The van der Waals surface area contributed by atoms with Crippen LogP contribution in [0.2, 0.25) is 0 Å². The van der Waals surface area contributed by atoms with Crippen molar-refractivity contribution >= 4 is 11.9 Å². The van der Waals surface area contributed by atoms with Crippen LogP contribution in [0.25, 0.3) is 11.4 Å². The predicted octanol–water partition coefficient (Wildman–Crippen LogP) is 4.44. The Balaban J connectivity index is 0.000000232. The van der Waals surface area contributed by atoms with E-state index in [-0.39, 0.29) is 29.1 Å². The molecule has 1 saturated heterocycles. The fraction of sp³-hybridized carbons (Fsp3) is 0.323. The number of hydrogen-bond acceptors (Lipinski definition) is 9. The minimum Gasteiger partial charge on any atom is -0.478 e. The lowest BCUT2D eigenvalue weighted by Gasteiger charge is -2.37. The highest BCUT2D eigenvalue weighted by molar-refractivity contribution is 5.98. The third kappa shape index (κ3) is 6.83.